The fourth-order valence-corrected chi connectivity index (χ4v) is 3.91. The monoisotopic (exact) mass is 382 g/mol. The van der Waals surface area contributed by atoms with E-state index in [4.69, 9.17) is 0 Å². The molecular weight excluding hydrogens is 368 g/mol. The first-order chi connectivity index (χ1) is 13.8. The maximum absolute atomic E-state index is 12.6. The molecule has 0 bridgehead atoms. The molecule has 0 spiro atoms. The molecule has 3 heterocycles. The van der Waals surface area contributed by atoms with Gasteiger partial charge >= 0.3 is 0 Å². The summed E-state index contributed by atoms with van der Waals surface area (Å²) in [4.78, 5) is 27.0. The Kier molecular flexibility index (Phi) is 4.03. The van der Waals surface area contributed by atoms with Crippen LogP contribution in [0.1, 0.15) is 10.5 Å². The molecule has 1 amide bonds. The van der Waals surface area contributed by atoms with Gasteiger partial charge in [-0.2, -0.15) is 0 Å². The van der Waals surface area contributed by atoms with E-state index in [2.05, 4.69) is 20.3 Å². The molecule has 5 nitrogen and oxygen atoms in total. The molecule has 0 radical (unpaired) electrons. The molecule has 6 heteroatoms. The predicted molar refractivity (Wildman–Crippen MR) is 113 cm³/mol. The first kappa shape index (κ1) is 16.5. The molecule has 0 saturated carbocycles. The van der Waals surface area contributed by atoms with Crippen molar-refractivity contribution < 1.29 is 4.79 Å². The average molecular weight is 382 g/mol. The summed E-state index contributed by atoms with van der Waals surface area (Å²) in [7, 11) is 0. The second kappa shape index (κ2) is 6.83. The molecule has 0 atom stereocenters. The van der Waals surface area contributed by atoms with Gasteiger partial charge < -0.3 is 5.32 Å². The van der Waals surface area contributed by atoms with Crippen LogP contribution in [0.3, 0.4) is 0 Å². The van der Waals surface area contributed by atoms with Gasteiger partial charge in [0.25, 0.3) is 5.91 Å². The molecule has 3 aromatic heterocycles. The number of amides is 1. The van der Waals surface area contributed by atoms with E-state index >= 15 is 0 Å². The molecule has 0 aliphatic carbocycles. The highest BCUT2D eigenvalue weighted by Crippen LogP contribution is 2.30. The molecular formula is C22H14N4OS. The van der Waals surface area contributed by atoms with Gasteiger partial charge in [0.15, 0.2) is 0 Å². The molecule has 2 aromatic carbocycles. The van der Waals surface area contributed by atoms with E-state index in [1.165, 1.54) is 11.3 Å². The largest absolute Gasteiger partial charge is 0.321 e. The SMILES string of the molecule is O=C(Nc1cccc(-c2nc3cccnc3s2)c1)c1ccc2ccccc2n1. The van der Waals surface area contributed by atoms with Crippen LogP contribution in [0.4, 0.5) is 5.69 Å². The van der Waals surface area contributed by atoms with Crippen molar-refractivity contribution in [2.75, 3.05) is 5.32 Å². The Hall–Kier alpha value is -3.64. The first-order valence-electron chi connectivity index (χ1n) is 8.75. The molecule has 0 fully saturated rings. The van der Waals surface area contributed by atoms with Crippen molar-refractivity contribution in [1.29, 1.82) is 0 Å². The summed E-state index contributed by atoms with van der Waals surface area (Å²) in [5.41, 5.74) is 3.69. The summed E-state index contributed by atoms with van der Waals surface area (Å²) in [5, 5.41) is 4.80. The summed E-state index contributed by atoms with van der Waals surface area (Å²) in [6.07, 6.45) is 1.76. The van der Waals surface area contributed by atoms with Gasteiger partial charge in [0.1, 0.15) is 21.0 Å². The van der Waals surface area contributed by atoms with E-state index < -0.39 is 0 Å². The first-order valence-corrected chi connectivity index (χ1v) is 9.57. The van der Waals surface area contributed by atoms with E-state index in [1.54, 1.807) is 12.3 Å². The lowest BCUT2D eigenvalue weighted by Gasteiger charge is -2.07. The third-order valence-electron chi connectivity index (χ3n) is 4.36. The van der Waals surface area contributed by atoms with Crippen molar-refractivity contribution in [1.82, 2.24) is 15.0 Å². The number of nitrogens with zero attached hydrogens (tertiary/aromatic N) is 3. The van der Waals surface area contributed by atoms with Crippen LogP contribution in [0.25, 0.3) is 31.8 Å². The molecule has 0 saturated heterocycles. The normalized spacial score (nSPS) is 11.0. The van der Waals surface area contributed by atoms with Crippen LogP contribution in [0.5, 0.6) is 0 Å². The van der Waals surface area contributed by atoms with Gasteiger partial charge in [-0.1, -0.05) is 47.7 Å². The maximum Gasteiger partial charge on any atom is 0.274 e. The number of nitrogens with one attached hydrogen (secondary N) is 1. The summed E-state index contributed by atoms with van der Waals surface area (Å²) in [5.74, 6) is -0.242. The summed E-state index contributed by atoms with van der Waals surface area (Å²) in [6.45, 7) is 0. The van der Waals surface area contributed by atoms with Gasteiger partial charge in [-0.25, -0.2) is 15.0 Å². The number of carbonyl (C=O) groups excluding carboxylic acids is 1. The Labute approximate surface area is 164 Å². The highest BCUT2D eigenvalue weighted by molar-refractivity contribution is 7.21. The Bertz CT molecular complexity index is 1300. The number of thiazole rings is 1. The van der Waals surface area contributed by atoms with Gasteiger partial charge in [-0.15, -0.1) is 0 Å². The number of rotatable bonds is 3. The lowest BCUT2D eigenvalue weighted by molar-refractivity contribution is 0.102. The minimum absolute atomic E-state index is 0.242. The fourth-order valence-electron chi connectivity index (χ4n) is 3.01. The van der Waals surface area contributed by atoms with Gasteiger partial charge in [-0.05, 0) is 36.4 Å². The zero-order valence-corrected chi connectivity index (χ0v) is 15.5. The standard InChI is InChI=1S/C22H14N4OS/c27-20(18-11-10-14-5-1-2-8-17(14)25-18)24-16-7-3-6-15(13-16)21-26-19-9-4-12-23-22(19)28-21/h1-13H,(H,24,27). The molecule has 5 aromatic rings. The van der Waals surface area contributed by atoms with Crippen LogP contribution in [0, 0.1) is 0 Å². The van der Waals surface area contributed by atoms with Crippen molar-refractivity contribution in [3.8, 4) is 10.6 Å². The third-order valence-corrected chi connectivity index (χ3v) is 5.39. The van der Waals surface area contributed by atoms with Crippen LogP contribution in [-0.2, 0) is 0 Å². The zero-order valence-electron chi connectivity index (χ0n) is 14.7. The van der Waals surface area contributed by atoms with E-state index in [9.17, 15) is 4.79 Å². The minimum atomic E-state index is -0.242. The van der Waals surface area contributed by atoms with Crippen LogP contribution >= 0.6 is 11.3 Å². The number of pyridine rings is 2. The zero-order chi connectivity index (χ0) is 18.9. The van der Waals surface area contributed by atoms with Crippen molar-refractivity contribution in [3.63, 3.8) is 0 Å². The maximum atomic E-state index is 12.6. The Morgan fingerprint density at radius 2 is 1.75 bits per heavy atom. The van der Waals surface area contributed by atoms with Crippen molar-refractivity contribution in [2.45, 2.75) is 0 Å². The summed E-state index contributed by atoms with van der Waals surface area (Å²) in [6, 6.07) is 22.8. The Morgan fingerprint density at radius 1 is 0.857 bits per heavy atom. The topological polar surface area (TPSA) is 67.8 Å². The fraction of sp³-hybridized carbons (Fsp3) is 0. The quantitative estimate of drug-likeness (QED) is 0.468. The average Bonchev–Trinajstić information content (AvgIpc) is 3.18. The molecule has 134 valence electrons. The Morgan fingerprint density at radius 3 is 2.68 bits per heavy atom. The molecule has 0 unspecified atom stereocenters. The van der Waals surface area contributed by atoms with Gasteiger partial charge in [0.05, 0.1) is 5.52 Å². The van der Waals surface area contributed by atoms with E-state index in [1.807, 2.05) is 66.7 Å². The van der Waals surface area contributed by atoms with Crippen LogP contribution in [0.2, 0.25) is 0 Å². The smallest absolute Gasteiger partial charge is 0.274 e. The van der Waals surface area contributed by atoms with Crippen molar-refractivity contribution in [2.24, 2.45) is 0 Å². The molecule has 1 N–H and O–H groups in total. The number of hydrogen-bond donors (Lipinski definition) is 1. The van der Waals surface area contributed by atoms with E-state index in [0.717, 1.165) is 31.8 Å². The van der Waals surface area contributed by atoms with E-state index in [-0.39, 0.29) is 5.91 Å². The number of aromatic nitrogens is 3. The lowest BCUT2D eigenvalue weighted by Crippen LogP contribution is -2.13. The number of fused-ring (bicyclic) bond motifs is 2. The van der Waals surface area contributed by atoms with Crippen LogP contribution in [-0.4, -0.2) is 20.9 Å². The minimum Gasteiger partial charge on any atom is -0.321 e. The second-order valence-electron chi connectivity index (χ2n) is 6.27. The number of benzene rings is 2. The van der Waals surface area contributed by atoms with Crippen LogP contribution in [0.15, 0.2) is 79.0 Å². The van der Waals surface area contributed by atoms with Crippen molar-refractivity contribution >= 4 is 44.2 Å². The van der Waals surface area contributed by atoms with Gasteiger partial charge in [0.2, 0.25) is 0 Å². The highest BCUT2D eigenvalue weighted by atomic mass is 32.1. The van der Waals surface area contributed by atoms with Crippen molar-refractivity contribution in [3.05, 3.63) is 84.7 Å². The molecule has 28 heavy (non-hydrogen) atoms. The Balaban J connectivity index is 1.43. The number of hydrogen-bond acceptors (Lipinski definition) is 5. The molecule has 0 aliphatic rings. The lowest BCUT2D eigenvalue weighted by atomic mass is 10.2. The number of para-hydroxylation sites is 1. The second-order valence-corrected chi connectivity index (χ2v) is 7.25. The summed E-state index contributed by atoms with van der Waals surface area (Å²) >= 11 is 1.53. The third kappa shape index (κ3) is 3.10. The summed E-state index contributed by atoms with van der Waals surface area (Å²) < 4.78 is 0. The number of anilines is 1. The molecule has 0 aliphatic heterocycles. The number of carbonyl (C=O) groups is 1. The predicted octanol–water partition coefficient (Wildman–Crippen LogP) is 5.16. The molecule has 5 rings (SSSR count). The van der Waals surface area contributed by atoms with Gasteiger partial charge in [0, 0.05) is 22.8 Å². The van der Waals surface area contributed by atoms with E-state index in [0.29, 0.717) is 11.4 Å². The highest BCUT2D eigenvalue weighted by Gasteiger charge is 2.11. The van der Waals surface area contributed by atoms with Gasteiger partial charge in [-0.3, -0.25) is 4.79 Å². The van der Waals surface area contributed by atoms with Crippen LogP contribution < -0.4 is 5.32 Å².